The molecule has 2 aromatic carbocycles. The molecule has 0 saturated heterocycles. The predicted molar refractivity (Wildman–Crippen MR) is 119 cm³/mol. The van der Waals surface area contributed by atoms with Crippen LogP contribution in [0.15, 0.2) is 42.5 Å². The summed E-state index contributed by atoms with van der Waals surface area (Å²) in [5, 5.41) is 5.89. The van der Waals surface area contributed by atoms with Crippen LogP contribution in [0, 0.1) is 0 Å². The number of carbonyl (C=O) groups is 1. The molecule has 0 aliphatic carbocycles. The maximum Gasteiger partial charge on any atom is 0.314 e. The van der Waals surface area contributed by atoms with E-state index in [0.29, 0.717) is 13.1 Å². The van der Waals surface area contributed by atoms with E-state index in [2.05, 4.69) is 40.7 Å². The number of hydrogen-bond acceptors (Lipinski definition) is 3. The third kappa shape index (κ3) is 6.14. The van der Waals surface area contributed by atoms with Gasteiger partial charge < -0.3 is 20.3 Å². The molecule has 0 unspecified atom stereocenters. The van der Waals surface area contributed by atoms with E-state index in [9.17, 15) is 4.79 Å². The van der Waals surface area contributed by atoms with Gasteiger partial charge >= 0.3 is 6.03 Å². The van der Waals surface area contributed by atoms with E-state index in [0.717, 1.165) is 31.6 Å². The number of aryl methyl sites for hydroxylation is 1. The first-order valence-corrected chi connectivity index (χ1v) is 10.7. The summed E-state index contributed by atoms with van der Waals surface area (Å²) in [6.45, 7) is 5.79. The Morgan fingerprint density at radius 1 is 1.03 bits per heavy atom. The number of amides is 2. The number of ether oxygens (including phenoxy) is 1. The highest BCUT2D eigenvalue weighted by Crippen LogP contribution is 2.28. The number of hydrogen-bond donors (Lipinski definition) is 2. The van der Waals surface area contributed by atoms with Crippen molar-refractivity contribution in [2.24, 2.45) is 0 Å². The van der Waals surface area contributed by atoms with E-state index >= 15 is 0 Å². The maximum atomic E-state index is 12.0. The summed E-state index contributed by atoms with van der Waals surface area (Å²) in [5.74, 6) is 0.847. The average Bonchev–Trinajstić information content (AvgIpc) is 2.74. The van der Waals surface area contributed by atoms with Gasteiger partial charge in [-0.3, -0.25) is 0 Å². The Balaban J connectivity index is 1.38. The number of anilines is 1. The van der Waals surface area contributed by atoms with Crippen LogP contribution >= 0.6 is 0 Å². The van der Waals surface area contributed by atoms with Crippen molar-refractivity contribution in [1.82, 2.24) is 10.6 Å². The summed E-state index contributed by atoms with van der Waals surface area (Å²) >= 11 is 0. The van der Waals surface area contributed by atoms with E-state index in [1.54, 1.807) is 7.11 Å². The summed E-state index contributed by atoms with van der Waals surface area (Å²) in [7, 11) is 1.66. The van der Waals surface area contributed by atoms with Crippen molar-refractivity contribution in [1.29, 1.82) is 0 Å². The number of rotatable bonds is 9. The summed E-state index contributed by atoms with van der Waals surface area (Å²) < 4.78 is 5.16. The van der Waals surface area contributed by atoms with Crippen LogP contribution in [0.1, 0.15) is 36.5 Å². The molecule has 0 saturated carbocycles. The minimum absolute atomic E-state index is 0.106. The number of nitrogens with zero attached hydrogens (tertiary/aromatic N) is 1. The highest BCUT2D eigenvalue weighted by atomic mass is 16.5. The number of carbonyl (C=O) groups excluding carboxylic acids is 1. The van der Waals surface area contributed by atoms with Crippen LogP contribution < -0.4 is 20.3 Å². The van der Waals surface area contributed by atoms with E-state index in [1.807, 2.05) is 24.3 Å². The van der Waals surface area contributed by atoms with Crippen molar-refractivity contribution < 1.29 is 9.53 Å². The van der Waals surface area contributed by atoms with Crippen molar-refractivity contribution in [3.8, 4) is 5.75 Å². The third-order valence-corrected chi connectivity index (χ3v) is 5.41. The fourth-order valence-electron chi connectivity index (χ4n) is 3.88. The predicted octanol–water partition coefficient (Wildman–Crippen LogP) is 3.94. The number of benzene rings is 2. The van der Waals surface area contributed by atoms with Gasteiger partial charge in [-0.15, -0.1) is 0 Å². The Hall–Kier alpha value is -2.69. The molecular formula is C24H33N3O2. The molecule has 0 bridgehead atoms. The van der Waals surface area contributed by atoms with Gasteiger partial charge in [-0.1, -0.05) is 31.2 Å². The van der Waals surface area contributed by atoms with Crippen LogP contribution in [0.3, 0.4) is 0 Å². The van der Waals surface area contributed by atoms with Crippen LogP contribution in [0.4, 0.5) is 10.5 Å². The van der Waals surface area contributed by atoms with Crippen molar-refractivity contribution >= 4 is 11.7 Å². The molecule has 0 fully saturated rings. The molecular weight excluding hydrogens is 362 g/mol. The molecule has 5 heteroatoms. The standard InChI is InChI=1S/C24H33N3O2/c1-3-16-27-17-4-5-21-18-20(8-11-23(21)27)13-15-26-24(28)25-14-12-19-6-9-22(29-2)10-7-19/h6-11,18H,3-5,12-17H2,1-2H3,(H2,25,26,28). The molecule has 29 heavy (non-hydrogen) atoms. The smallest absolute Gasteiger partial charge is 0.314 e. The molecule has 0 spiro atoms. The SMILES string of the molecule is CCCN1CCCc2cc(CCNC(=O)NCCc3ccc(OC)cc3)ccc21. The number of fused-ring (bicyclic) bond motifs is 1. The Labute approximate surface area is 174 Å². The molecule has 156 valence electrons. The van der Waals surface area contributed by atoms with Gasteiger partial charge in [-0.25, -0.2) is 4.79 Å². The van der Waals surface area contributed by atoms with Gasteiger partial charge in [0.05, 0.1) is 7.11 Å². The van der Waals surface area contributed by atoms with Crippen LogP contribution in [-0.2, 0) is 19.3 Å². The zero-order valence-corrected chi connectivity index (χ0v) is 17.7. The van der Waals surface area contributed by atoms with Crippen molar-refractivity contribution in [3.63, 3.8) is 0 Å². The first-order valence-electron chi connectivity index (χ1n) is 10.7. The second-order valence-electron chi connectivity index (χ2n) is 7.58. The van der Waals surface area contributed by atoms with Gasteiger partial charge in [0.15, 0.2) is 0 Å². The summed E-state index contributed by atoms with van der Waals surface area (Å²) in [6.07, 6.45) is 5.22. The Bertz CT molecular complexity index is 789. The van der Waals surface area contributed by atoms with Crippen LogP contribution in [0.25, 0.3) is 0 Å². The highest BCUT2D eigenvalue weighted by Gasteiger charge is 2.16. The molecule has 5 nitrogen and oxygen atoms in total. The lowest BCUT2D eigenvalue weighted by Gasteiger charge is -2.31. The quantitative estimate of drug-likeness (QED) is 0.676. The monoisotopic (exact) mass is 395 g/mol. The Kier molecular flexibility index (Phi) is 7.79. The van der Waals surface area contributed by atoms with Crippen LogP contribution in [0.5, 0.6) is 5.75 Å². The van der Waals surface area contributed by atoms with Gasteiger partial charge in [-0.05, 0) is 67.0 Å². The average molecular weight is 396 g/mol. The fourth-order valence-corrected chi connectivity index (χ4v) is 3.88. The molecule has 2 aromatic rings. The molecule has 0 aromatic heterocycles. The molecule has 2 N–H and O–H groups in total. The summed E-state index contributed by atoms with van der Waals surface area (Å²) in [4.78, 5) is 14.5. The summed E-state index contributed by atoms with van der Waals surface area (Å²) in [5.41, 5.74) is 5.31. The zero-order chi connectivity index (χ0) is 20.5. The lowest BCUT2D eigenvalue weighted by Crippen LogP contribution is -2.37. The van der Waals surface area contributed by atoms with Gasteiger partial charge in [0.25, 0.3) is 0 Å². The van der Waals surface area contributed by atoms with Gasteiger partial charge in [0, 0.05) is 31.9 Å². The molecule has 1 aliphatic heterocycles. The first kappa shape index (κ1) is 21.0. The molecule has 0 radical (unpaired) electrons. The van der Waals surface area contributed by atoms with Gasteiger partial charge in [0.1, 0.15) is 5.75 Å². The van der Waals surface area contributed by atoms with Gasteiger partial charge in [-0.2, -0.15) is 0 Å². The largest absolute Gasteiger partial charge is 0.497 e. The Morgan fingerprint density at radius 2 is 1.72 bits per heavy atom. The molecule has 0 atom stereocenters. The van der Waals surface area contributed by atoms with Crippen LogP contribution in [-0.4, -0.2) is 39.3 Å². The second-order valence-corrected chi connectivity index (χ2v) is 7.58. The second kappa shape index (κ2) is 10.7. The van der Waals surface area contributed by atoms with E-state index in [4.69, 9.17) is 4.74 Å². The van der Waals surface area contributed by atoms with Crippen LogP contribution in [0.2, 0.25) is 0 Å². The van der Waals surface area contributed by atoms with Crippen molar-refractivity contribution in [3.05, 3.63) is 59.2 Å². The lowest BCUT2D eigenvalue weighted by molar-refractivity contribution is 0.241. The van der Waals surface area contributed by atoms with E-state index in [1.165, 1.54) is 41.8 Å². The zero-order valence-electron chi connectivity index (χ0n) is 17.7. The molecule has 3 rings (SSSR count). The minimum atomic E-state index is -0.106. The lowest BCUT2D eigenvalue weighted by atomic mass is 9.98. The van der Waals surface area contributed by atoms with Gasteiger partial charge in [0.2, 0.25) is 0 Å². The van der Waals surface area contributed by atoms with Crippen molar-refractivity contribution in [2.75, 3.05) is 38.2 Å². The Morgan fingerprint density at radius 3 is 2.41 bits per heavy atom. The molecule has 2 amide bonds. The molecule has 1 heterocycles. The highest BCUT2D eigenvalue weighted by molar-refractivity contribution is 5.73. The number of nitrogens with one attached hydrogen (secondary N) is 2. The number of urea groups is 1. The third-order valence-electron chi connectivity index (χ3n) is 5.41. The van der Waals surface area contributed by atoms with E-state index < -0.39 is 0 Å². The number of methoxy groups -OCH3 is 1. The maximum absolute atomic E-state index is 12.0. The van der Waals surface area contributed by atoms with E-state index in [-0.39, 0.29) is 6.03 Å². The summed E-state index contributed by atoms with van der Waals surface area (Å²) in [6, 6.07) is 14.6. The topological polar surface area (TPSA) is 53.6 Å². The normalized spacial score (nSPS) is 13.0. The van der Waals surface area contributed by atoms with Crippen molar-refractivity contribution in [2.45, 2.75) is 39.0 Å². The fraction of sp³-hybridized carbons (Fsp3) is 0.458. The first-order chi connectivity index (χ1) is 14.2. The minimum Gasteiger partial charge on any atom is -0.497 e. The molecule has 1 aliphatic rings.